The molecule has 2 heterocycles. The number of piperidine rings is 1. The maximum absolute atomic E-state index is 12.9. The van der Waals surface area contributed by atoms with E-state index >= 15 is 0 Å². The molecule has 1 aliphatic heterocycles. The van der Waals surface area contributed by atoms with Gasteiger partial charge in [0.25, 0.3) is 0 Å². The van der Waals surface area contributed by atoms with E-state index in [2.05, 4.69) is 24.6 Å². The summed E-state index contributed by atoms with van der Waals surface area (Å²) in [5.74, 6) is 1.47. The van der Waals surface area contributed by atoms with Gasteiger partial charge in [-0.3, -0.25) is 0 Å². The number of ether oxygens (including phenoxy) is 2. The number of sulfonamides is 1. The van der Waals surface area contributed by atoms with Crippen LogP contribution in [-0.4, -0.2) is 50.7 Å². The Morgan fingerprint density at radius 1 is 1.00 bits per heavy atom. The van der Waals surface area contributed by atoms with E-state index in [4.69, 9.17) is 9.47 Å². The molecule has 10 heteroatoms. The van der Waals surface area contributed by atoms with E-state index in [1.807, 2.05) is 6.92 Å². The second-order valence-corrected chi connectivity index (χ2v) is 8.66. The maximum Gasteiger partial charge on any atom is 0.321 e. The number of anilines is 1. The summed E-state index contributed by atoms with van der Waals surface area (Å²) in [4.78, 5) is 15.2. The zero-order valence-corrected chi connectivity index (χ0v) is 18.0. The predicted molar refractivity (Wildman–Crippen MR) is 109 cm³/mol. The van der Waals surface area contributed by atoms with E-state index in [0.29, 0.717) is 23.1 Å². The minimum atomic E-state index is -3.75. The molecule has 0 bridgehead atoms. The van der Waals surface area contributed by atoms with E-state index in [-0.39, 0.29) is 17.5 Å². The summed E-state index contributed by atoms with van der Waals surface area (Å²) in [6.07, 6.45) is 3.34. The highest BCUT2D eigenvalue weighted by molar-refractivity contribution is 7.89. The van der Waals surface area contributed by atoms with Gasteiger partial charge in [0.2, 0.25) is 16.0 Å². The van der Waals surface area contributed by atoms with E-state index in [0.717, 1.165) is 31.5 Å². The Morgan fingerprint density at radius 3 is 2.38 bits per heavy atom. The lowest BCUT2D eigenvalue weighted by Crippen LogP contribution is -2.32. The van der Waals surface area contributed by atoms with Crippen molar-refractivity contribution in [3.63, 3.8) is 0 Å². The van der Waals surface area contributed by atoms with Gasteiger partial charge in [0.05, 0.1) is 25.7 Å². The fraction of sp³-hybridized carbons (Fsp3) is 0.526. The second kappa shape index (κ2) is 8.91. The van der Waals surface area contributed by atoms with Crippen LogP contribution in [0.3, 0.4) is 0 Å². The number of hydrogen-bond acceptors (Lipinski definition) is 8. The molecule has 1 aromatic heterocycles. The number of rotatable bonds is 7. The number of benzene rings is 1. The van der Waals surface area contributed by atoms with Gasteiger partial charge < -0.3 is 14.4 Å². The molecule has 0 amide bonds. The molecule has 0 atom stereocenters. The first-order valence-corrected chi connectivity index (χ1v) is 11.0. The van der Waals surface area contributed by atoms with Crippen molar-refractivity contribution in [1.82, 2.24) is 19.7 Å². The standard InChI is InChI=1S/C19H27N5O4S/c1-13-14(2)16(9-8-15(13)27-3)29(25,26)20-12-17-21-18(23-19(22-17)28-4)24-10-6-5-7-11-24/h8-9,20H,5-7,10-12H2,1-4H3. The quantitative estimate of drug-likeness (QED) is 0.723. The van der Waals surface area contributed by atoms with Gasteiger partial charge in [0.1, 0.15) is 5.75 Å². The van der Waals surface area contributed by atoms with Gasteiger partial charge in [-0.25, -0.2) is 13.1 Å². The fourth-order valence-corrected chi connectivity index (χ4v) is 4.59. The Hall–Kier alpha value is -2.46. The molecule has 2 aromatic rings. The monoisotopic (exact) mass is 421 g/mol. The molecule has 0 saturated carbocycles. The normalized spacial score (nSPS) is 14.7. The minimum absolute atomic E-state index is 0.0629. The van der Waals surface area contributed by atoms with Crippen molar-refractivity contribution in [1.29, 1.82) is 0 Å². The van der Waals surface area contributed by atoms with Crippen LogP contribution in [0.5, 0.6) is 11.8 Å². The fourth-order valence-electron chi connectivity index (χ4n) is 3.31. The van der Waals surface area contributed by atoms with Crippen LogP contribution in [0.15, 0.2) is 17.0 Å². The Kier molecular flexibility index (Phi) is 6.53. The molecule has 3 rings (SSSR count). The van der Waals surface area contributed by atoms with Crippen molar-refractivity contribution in [2.24, 2.45) is 0 Å². The Balaban J connectivity index is 1.82. The largest absolute Gasteiger partial charge is 0.496 e. The van der Waals surface area contributed by atoms with E-state index in [9.17, 15) is 8.42 Å². The molecular formula is C19H27N5O4S. The first kappa shape index (κ1) is 21.3. The number of hydrogen-bond donors (Lipinski definition) is 1. The molecule has 9 nitrogen and oxygen atoms in total. The lowest BCUT2D eigenvalue weighted by atomic mass is 10.1. The van der Waals surface area contributed by atoms with Crippen molar-refractivity contribution in [3.8, 4) is 11.8 Å². The summed E-state index contributed by atoms with van der Waals surface area (Å²) in [7, 11) is -0.718. The lowest BCUT2D eigenvalue weighted by molar-refractivity contribution is 0.374. The van der Waals surface area contributed by atoms with Crippen molar-refractivity contribution in [2.75, 3.05) is 32.2 Å². The molecule has 0 spiro atoms. The van der Waals surface area contributed by atoms with Crippen LogP contribution < -0.4 is 19.1 Å². The summed E-state index contributed by atoms with van der Waals surface area (Å²) in [5.41, 5.74) is 1.42. The van der Waals surface area contributed by atoms with Crippen LogP contribution in [0, 0.1) is 13.8 Å². The van der Waals surface area contributed by atoms with Gasteiger partial charge in [-0.15, -0.1) is 0 Å². The predicted octanol–water partition coefficient (Wildman–Crippen LogP) is 1.97. The summed E-state index contributed by atoms with van der Waals surface area (Å²) in [5, 5.41) is 0. The van der Waals surface area contributed by atoms with Gasteiger partial charge in [0, 0.05) is 13.1 Å². The third kappa shape index (κ3) is 4.76. The summed E-state index contributed by atoms with van der Waals surface area (Å²) in [6.45, 7) is 5.25. The number of nitrogens with zero attached hydrogens (tertiary/aromatic N) is 4. The van der Waals surface area contributed by atoms with E-state index in [1.54, 1.807) is 20.1 Å². The van der Waals surface area contributed by atoms with Crippen molar-refractivity contribution >= 4 is 16.0 Å². The molecular weight excluding hydrogens is 394 g/mol. The summed E-state index contributed by atoms with van der Waals surface area (Å²) >= 11 is 0. The number of nitrogens with one attached hydrogen (secondary N) is 1. The third-order valence-corrected chi connectivity index (χ3v) is 6.63. The van der Waals surface area contributed by atoms with Gasteiger partial charge in [-0.1, -0.05) is 0 Å². The summed E-state index contributed by atoms with van der Waals surface area (Å²) in [6, 6.07) is 3.36. The minimum Gasteiger partial charge on any atom is -0.496 e. The highest BCUT2D eigenvalue weighted by Crippen LogP contribution is 2.27. The Morgan fingerprint density at radius 2 is 1.72 bits per heavy atom. The van der Waals surface area contributed by atoms with Gasteiger partial charge >= 0.3 is 6.01 Å². The third-order valence-electron chi connectivity index (χ3n) is 5.09. The average molecular weight is 422 g/mol. The van der Waals surface area contributed by atoms with Crippen LogP contribution >= 0.6 is 0 Å². The smallest absolute Gasteiger partial charge is 0.321 e. The topological polar surface area (TPSA) is 107 Å². The highest BCUT2D eigenvalue weighted by atomic mass is 32.2. The number of methoxy groups -OCH3 is 2. The molecule has 0 unspecified atom stereocenters. The van der Waals surface area contributed by atoms with Crippen molar-refractivity contribution in [2.45, 2.75) is 44.6 Å². The van der Waals surface area contributed by atoms with Crippen LogP contribution in [-0.2, 0) is 16.6 Å². The van der Waals surface area contributed by atoms with Crippen LogP contribution in [0.4, 0.5) is 5.95 Å². The van der Waals surface area contributed by atoms with E-state index in [1.165, 1.54) is 19.6 Å². The highest BCUT2D eigenvalue weighted by Gasteiger charge is 2.21. The first-order valence-electron chi connectivity index (χ1n) is 9.53. The molecule has 1 aliphatic rings. The first-order chi connectivity index (χ1) is 13.9. The second-order valence-electron chi connectivity index (χ2n) is 6.93. The number of aromatic nitrogens is 3. The van der Waals surface area contributed by atoms with Gasteiger partial charge in [-0.05, 0) is 56.4 Å². The zero-order valence-electron chi connectivity index (χ0n) is 17.2. The molecule has 1 saturated heterocycles. The summed E-state index contributed by atoms with van der Waals surface area (Å²) < 4.78 is 38.7. The Bertz CT molecular complexity index is 975. The molecule has 1 fully saturated rings. The molecule has 0 aliphatic carbocycles. The van der Waals surface area contributed by atoms with Crippen molar-refractivity contribution in [3.05, 3.63) is 29.1 Å². The lowest BCUT2D eigenvalue weighted by Gasteiger charge is -2.26. The molecule has 29 heavy (non-hydrogen) atoms. The van der Waals surface area contributed by atoms with Crippen LogP contribution in [0.25, 0.3) is 0 Å². The maximum atomic E-state index is 12.9. The van der Waals surface area contributed by atoms with E-state index < -0.39 is 10.0 Å². The molecule has 158 valence electrons. The Labute approximate surface area is 171 Å². The van der Waals surface area contributed by atoms with Crippen molar-refractivity contribution < 1.29 is 17.9 Å². The molecule has 0 radical (unpaired) electrons. The average Bonchev–Trinajstić information content (AvgIpc) is 2.74. The molecule has 1 aromatic carbocycles. The van der Waals surface area contributed by atoms with Gasteiger partial charge in [-0.2, -0.15) is 15.0 Å². The van der Waals surface area contributed by atoms with Crippen LogP contribution in [0.1, 0.15) is 36.2 Å². The SMILES string of the molecule is COc1nc(CNS(=O)(=O)c2ccc(OC)c(C)c2C)nc(N2CCCCC2)n1. The molecule has 1 N–H and O–H groups in total. The van der Waals surface area contributed by atoms with Crippen LogP contribution in [0.2, 0.25) is 0 Å². The zero-order chi connectivity index (χ0) is 21.0. The van der Waals surface area contributed by atoms with Gasteiger partial charge in [0.15, 0.2) is 5.82 Å².